The molecule has 0 spiro atoms. The number of ether oxygens (including phenoxy) is 2. The number of hydrogen-bond acceptors (Lipinski definition) is 5. The monoisotopic (exact) mass is 335 g/mol. The van der Waals surface area contributed by atoms with Crippen LogP contribution in [0.3, 0.4) is 0 Å². The van der Waals surface area contributed by atoms with Crippen LogP contribution >= 0.6 is 11.3 Å². The summed E-state index contributed by atoms with van der Waals surface area (Å²) in [5.41, 5.74) is 0.513. The Hall–Kier alpha value is -2.38. The summed E-state index contributed by atoms with van der Waals surface area (Å²) in [6.07, 6.45) is 0. The fourth-order valence-corrected chi connectivity index (χ4v) is 2.59. The highest BCUT2D eigenvalue weighted by molar-refractivity contribution is 7.13. The number of carbonyl (C=O) groups is 2. The van der Waals surface area contributed by atoms with Crippen LogP contribution < -0.4 is 10.1 Å². The van der Waals surface area contributed by atoms with Crippen LogP contribution in [0.15, 0.2) is 36.4 Å². The summed E-state index contributed by atoms with van der Waals surface area (Å²) in [7, 11) is 1.60. The second-order valence-electron chi connectivity index (χ2n) is 4.62. The molecule has 2 aromatic rings. The zero-order valence-electron chi connectivity index (χ0n) is 12.6. The van der Waals surface area contributed by atoms with Gasteiger partial charge in [0, 0.05) is 17.6 Å². The minimum absolute atomic E-state index is 0.223. The highest BCUT2D eigenvalue weighted by Gasteiger charge is 2.09. The first kappa shape index (κ1) is 17.0. The summed E-state index contributed by atoms with van der Waals surface area (Å²) in [6, 6.07) is 10.0. The van der Waals surface area contributed by atoms with E-state index in [0.29, 0.717) is 31.1 Å². The molecule has 1 amide bonds. The van der Waals surface area contributed by atoms with Crippen molar-refractivity contribution in [1.29, 1.82) is 0 Å². The maximum Gasteiger partial charge on any atom is 0.345 e. The summed E-state index contributed by atoms with van der Waals surface area (Å²) in [4.78, 5) is 23.9. The predicted molar refractivity (Wildman–Crippen MR) is 86.3 cm³/mol. The lowest BCUT2D eigenvalue weighted by atomic mass is 10.2. The van der Waals surface area contributed by atoms with E-state index in [9.17, 15) is 9.59 Å². The van der Waals surface area contributed by atoms with Gasteiger partial charge in [0.15, 0.2) is 0 Å². The van der Waals surface area contributed by atoms with Crippen LogP contribution in [0.1, 0.15) is 24.9 Å². The molecule has 0 bridgehead atoms. The molecule has 0 saturated carbocycles. The van der Waals surface area contributed by atoms with E-state index in [1.54, 1.807) is 37.4 Å². The molecule has 23 heavy (non-hydrogen) atoms. The van der Waals surface area contributed by atoms with Crippen molar-refractivity contribution in [3.63, 3.8) is 0 Å². The summed E-state index contributed by atoms with van der Waals surface area (Å²) in [5, 5.41) is 11.6. The molecular formula is C16H17NO5S. The third-order valence-corrected chi connectivity index (χ3v) is 4.04. The van der Waals surface area contributed by atoms with Crippen molar-refractivity contribution in [2.24, 2.45) is 0 Å². The Morgan fingerprint density at radius 1 is 1.13 bits per heavy atom. The lowest BCUT2D eigenvalue weighted by Crippen LogP contribution is -2.22. The van der Waals surface area contributed by atoms with Gasteiger partial charge in [-0.05, 0) is 36.4 Å². The first-order valence-electron chi connectivity index (χ1n) is 6.92. The van der Waals surface area contributed by atoms with Crippen molar-refractivity contribution in [1.82, 2.24) is 5.32 Å². The van der Waals surface area contributed by atoms with E-state index in [2.05, 4.69) is 5.32 Å². The average molecular weight is 335 g/mol. The maximum absolute atomic E-state index is 12.0. The summed E-state index contributed by atoms with van der Waals surface area (Å²) < 4.78 is 10.3. The van der Waals surface area contributed by atoms with Crippen LogP contribution in [-0.2, 0) is 11.3 Å². The van der Waals surface area contributed by atoms with Crippen molar-refractivity contribution < 1.29 is 24.2 Å². The van der Waals surface area contributed by atoms with Gasteiger partial charge in [0.25, 0.3) is 5.91 Å². The summed E-state index contributed by atoms with van der Waals surface area (Å²) in [6.45, 7) is 1.25. The van der Waals surface area contributed by atoms with Gasteiger partial charge in [-0.3, -0.25) is 4.79 Å². The van der Waals surface area contributed by atoms with E-state index < -0.39 is 5.97 Å². The van der Waals surface area contributed by atoms with Gasteiger partial charge < -0.3 is 19.9 Å². The third-order valence-electron chi connectivity index (χ3n) is 2.97. The Labute approximate surface area is 137 Å². The number of carboxylic acid groups (broad SMARTS) is 1. The van der Waals surface area contributed by atoms with E-state index in [1.807, 2.05) is 0 Å². The molecule has 7 heteroatoms. The second kappa shape index (κ2) is 8.30. The molecule has 1 heterocycles. The predicted octanol–water partition coefficient (Wildman–Crippen LogP) is 2.40. The fraction of sp³-hybridized carbons (Fsp3) is 0.250. The number of thiophene rings is 1. The zero-order chi connectivity index (χ0) is 16.7. The molecule has 1 aromatic heterocycles. The van der Waals surface area contributed by atoms with Gasteiger partial charge in [0.05, 0.1) is 13.2 Å². The number of benzene rings is 1. The van der Waals surface area contributed by atoms with Crippen molar-refractivity contribution in [2.45, 2.75) is 6.54 Å². The Bertz CT molecular complexity index is 665. The number of carboxylic acids is 1. The van der Waals surface area contributed by atoms with Gasteiger partial charge in [-0.1, -0.05) is 0 Å². The summed E-state index contributed by atoms with van der Waals surface area (Å²) >= 11 is 1.15. The first-order chi connectivity index (χ1) is 11.1. The number of rotatable bonds is 8. The largest absolute Gasteiger partial charge is 0.491 e. The second-order valence-corrected chi connectivity index (χ2v) is 5.79. The number of aromatic carboxylic acids is 1. The van der Waals surface area contributed by atoms with Crippen LogP contribution in [-0.4, -0.2) is 37.3 Å². The van der Waals surface area contributed by atoms with Crippen LogP contribution in [0.2, 0.25) is 0 Å². The molecule has 1 aromatic carbocycles. The molecule has 0 fully saturated rings. The number of carbonyl (C=O) groups excluding carboxylic acids is 1. The molecule has 0 aliphatic rings. The molecule has 0 atom stereocenters. The van der Waals surface area contributed by atoms with Gasteiger partial charge in [-0.2, -0.15) is 0 Å². The topological polar surface area (TPSA) is 84.9 Å². The lowest BCUT2D eigenvalue weighted by molar-refractivity contribution is 0.0702. The Balaban J connectivity index is 1.86. The minimum atomic E-state index is -0.961. The molecule has 6 nitrogen and oxygen atoms in total. The van der Waals surface area contributed by atoms with E-state index in [4.69, 9.17) is 14.6 Å². The van der Waals surface area contributed by atoms with Gasteiger partial charge in [0.2, 0.25) is 0 Å². The molecule has 0 radical (unpaired) electrons. The van der Waals surface area contributed by atoms with E-state index in [0.717, 1.165) is 16.2 Å². The Kier molecular flexibility index (Phi) is 6.13. The Morgan fingerprint density at radius 2 is 1.87 bits per heavy atom. The molecular weight excluding hydrogens is 318 g/mol. The van der Waals surface area contributed by atoms with E-state index in [1.165, 1.54) is 6.07 Å². The maximum atomic E-state index is 12.0. The van der Waals surface area contributed by atoms with Crippen molar-refractivity contribution in [3.05, 3.63) is 51.7 Å². The SMILES string of the molecule is COCCOc1ccc(C(=O)NCc2ccc(C(=O)O)s2)cc1. The Morgan fingerprint density at radius 3 is 2.48 bits per heavy atom. The third kappa shape index (κ3) is 5.08. The summed E-state index contributed by atoms with van der Waals surface area (Å²) in [5.74, 6) is -0.515. The fourth-order valence-electron chi connectivity index (χ4n) is 1.80. The molecule has 0 unspecified atom stereocenters. The normalized spacial score (nSPS) is 10.3. The number of nitrogens with one attached hydrogen (secondary N) is 1. The smallest absolute Gasteiger partial charge is 0.345 e. The molecule has 122 valence electrons. The highest BCUT2D eigenvalue weighted by Crippen LogP contribution is 2.16. The van der Waals surface area contributed by atoms with Crippen LogP contribution in [0.5, 0.6) is 5.75 Å². The zero-order valence-corrected chi connectivity index (χ0v) is 13.4. The van der Waals surface area contributed by atoms with Crippen molar-refractivity contribution in [2.75, 3.05) is 20.3 Å². The van der Waals surface area contributed by atoms with Crippen molar-refractivity contribution >= 4 is 23.2 Å². The number of hydrogen-bond donors (Lipinski definition) is 2. The van der Waals surface area contributed by atoms with Gasteiger partial charge in [0.1, 0.15) is 17.2 Å². The van der Waals surface area contributed by atoms with Crippen molar-refractivity contribution in [3.8, 4) is 5.75 Å². The number of amides is 1. The highest BCUT2D eigenvalue weighted by atomic mass is 32.1. The quantitative estimate of drug-likeness (QED) is 0.724. The molecule has 2 N–H and O–H groups in total. The van der Waals surface area contributed by atoms with Crippen LogP contribution in [0.25, 0.3) is 0 Å². The molecule has 0 saturated heterocycles. The van der Waals surface area contributed by atoms with Crippen LogP contribution in [0, 0.1) is 0 Å². The van der Waals surface area contributed by atoms with E-state index >= 15 is 0 Å². The van der Waals surface area contributed by atoms with Crippen LogP contribution in [0.4, 0.5) is 0 Å². The van der Waals surface area contributed by atoms with E-state index in [-0.39, 0.29) is 10.8 Å². The average Bonchev–Trinajstić information content (AvgIpc) is 3.03. The van der Waals surface area contributed by atoms with Gasteiger partial charge in [-0.15, -0.1) is 11.3 Å². The molecule has 0 aliphatic carbocycles. The lowest BCUT2D eigenvalue weighted by Gasteiger charge is -2.07. The standard InChI is InChI=1S/C16H17NO5S/c1-21-8-9-22-12-4-2-11(3-5-12)15(18)17-10-13-6-7-14(23-13)16(19)20/h2-7H,8-10H2,1H3,(H,17,18)(H,19,20). The molecule has 0 aliphatic heterocycles. The number of methoxy groups -OCH3 is 1. The first-order valence-corrected chi connectivity index (χ1v) is 7.74. The van der Waals surface area contributed by atoms with Gasteiger partial charge in [-0.25, -0.2) is 4.79 Å². The van der Waals surface area contributed by atoms with Gasteiger partial charge >= 0.3 is 5.97 Å². The minimum Gasteiger partial charge on any atom is -0.491 e. The molecule has 2 rings (SSSR count).